The predicted molar refractivity (Wildman–Crippen MR) is 148 cm³/mol. The van der Waals surface area contributed by atoms with Gasteiger partial charge in [-0.25, -0.2) is 0 Å². The molecule has 1 fully saturated rings. The molecule has 8 nitrogen and oxygen atoms in total. The average Bonchev–Trinajstić information content (AvgIpc) is 2.89. The van der Waals surface area contributed by atoms with Gasteiger partial charge in [0.1, 0.15) is 0 Å². The minimum atomic E-state index is -0.128. The highest BCUT2D eigenvalue weighted by molar-refractivity contribution is 6.31. The summed E-state index contributed by atoms with van der Waals surface area (Å²) >= 11 is 6.04. The lowest BCUT2D eigenvalue weighted by atomic mass is 9.94. The Kier molecular flexibility index (Phi) is 7.60. The Balaban J connectivity index is 1.32. The first-order valence-electron chi connectivity index (χ1n) is 12.8. The first-order valence-corrected chi connectivity index (χ1v) is 13.2. The van der Waals surface area contributed by atoms with Gasteiger partial charge in [-0.1, -0.05) is 29.8 Å². The molecule has 3 heterocycles. The number of amides is 2. The molecule has 2 aliphatic rings. The van der Waals surface area contributed by atoms with Crippen molar-refractivity contribution in [2.45, 2.75) is 38.3 Å². The molecule has 4 N–H and O–H groups in total. The molecule has 0 aliphatic carbocycles. The number of aromatic nitrogens is 1. The van der Waals surface area contributed by atoms with Gasteiger partial charge in [-0.05, 0) is 57.2 Å². The van der Waals surface area contributed by atoms with Crippen LogP contribution in [0.25, 0.3) is 10.9 Å². The number of nitrogens with one attached hydrogen (secondary N) is 2. The van der Waals surface area contributed by atoms with Crippen LogP contribution in [0.3, 0.4) is 0 Å². The monoisotopic (exact) mass is 520 g/mol. The molecule has 0 bridgehead atoms. The quantitative estimate of drug-likeness (QED) is 0.428. The van der Waals surface area contributed by atoms with Gasteiger partial charge >= 0.3 is 0 Å². The van der Waals surface area contributed by atoms with Gasteiger partial charge in [0, 0.05) is 60.2 Å². The number of para-hydroxylation sites is 1. The van der Waals surface area contributed by atoms with Crippen LogP contribution in [-0.4, -0.2) is 65.9 Å². The zero-order valence-electron chi connectivity index (χ0n) is 21.1. The maximum Gasteiger partial charge on any atom is 0.252 e. The maximum atomic E-state index is 13.7. The molecule has 0 saturated carbocycles. The number of piperidine rings is 1. The van der Waals surface area contributed by atoms with E-state index in [9.17, 15) is 9.59 Å². The van der Waals surface area contributed by atoms with Crippen molar-refractivity contribution in [3.63, 3.8) is 0 Å². The van der Waals surface area contributed by atoms with Crippen LogP contribution >= 0.6 is 11.6 Å². The summed E-state index contributed by atoms with van der Waals surface area (Å²) in [4.78, 5) is 35.7. The summed E-state index contributed by atoms with van der Waals surface area (Å²) in [6.07, 6.45) is 2.94. The number of benzene rings is 2. The number of carbonyl (C=O) groups excluding carboxylic acids is 2. The van der Waals surface area contributed by atoms with Crippen molar-refractivity contribution >= 4 is 45.7 Å². The third kappa shape index (κ3) is 5.87. The Labute approximate surface area is 222 Å². The van der Waals surface area contributed by atoms with Crippen molar-refractivity contribution in [2.75, 3.05) is 44.3 Å². The molecular formula is C28H33ClN6O2. The van der Waals surface area contributed by atoms with Crippen LogP contribution in [0.5, 0.6) is 0 Å². The molecule has 1 aromatic heterocycles. The summed E-state index contributed by atoms with van der Waals surface area (Å²) in [5, 5.41) is 7.55. The number of anilines is 2. The SMILES string of the molecule is CN1CCC(NC(=O)c2c3c(nc4ccccc24)CCN(CCC(=O)Nc2cc(Cl)ccc2N)C3)CC1. The maximum absolute atomic E-state index is 13.7. The van der Waals surface area contributed by atoms with E-state index in [1.54, 1.807) is 18.2 Å². The topological polar surface area (TPSA) is 104 Å². The van der Waals surface area contributed by atoms with E-state index in [0.29, 0.717) is 35.9 Å². The summed E-state index contributed by atoms with van der Waals surface area (Å²) in [7, 11) is 2.11. The van der Waals surface area contributed by atoms with Crippen LogP contribution in [0.15, 0.2) is 42.5 Å². The van der Waals surface area contributed by atoms with Crippen LogP contribution in [0.1, 0.15) is 40.9 Å². The normalized spacial score (nSPS) is 16.9. The molecule has 0 radical (unpaired) electrons. The van der Waals surface area contributed by atoms with E-state index in [4.69, 9.17) is 22.3 Å². The molecule has 1 saturated heterocycles. The average molecular weight is 521 g/mol. The van der Waals surface area contributed by atoms with Gasteiger partial charge in [-0.2, -0.15) is 0 Å². The van der Waals surface area contributed by atoms with Crippen LogP contribution in [0.4, 0.5) is 11.4 Å². The van der Waals surface area contributed by atoms with E-state index in [-0.39, 0.29) is 17.9 Å². The zero-order chi connectivity index (χ0) is 25.9. The minimum Gasteiger partial charge on any atom is -0.397 e. The van der Waals surface area contributed by atoms with Crippen molar-refractivity contribution in [2.24, 2.45) is 0 Å². The second-order valence-corrected chi connectivity index (χ2v) is 10.5. The largest absolute Gasteiger partial charge is 0.397 e. The van der Waals surface area contributed by atoms with E-state index in [1.807, 2.05) is 24.3 Å². The zero-order valence-corrected chi connectivity index (χ0v) is 21.9. The molecule has 2 aromatic carbocycles. The van der Waals surface area contributed by atoms with Crippen LogP contribution in [0.2, 0.25) is 5.02 Å². The second-order valence-electron chi connectivity index (χ2n) is 10.0. The highest BCUT2D eigenvalue weighted by atomic mass is 35.5. The number of carbonyl (C=O) groups is 2. The third-order valence-electron chi connectivity index (χ3n) is 7.35. The standard InChI is InChI=1S/C28H33ClN6O2/c1-34-12-8-19(9-13-34)31-28(37)27-20-4-2-3-5-23(20)32-24-10-14-35(17-21(24)27)15-11-26(36)33-25-16-18(29)6-7-22(25)30/h2-7,16,19H,8-15,17,30H2,1H3,(H,31,37)(H,33,36). The van der Waals surface area contributed by atoms with Crippen LogP contribution < -0.4 is 16.4 Å². The molecule has 0 unspecified atom stereocenters. The van der Waals surface area contributed by atoms with Gasteiger partial charge in [0.15, 0.2) is 0 Å². The molecule has 37 heavy (non-hydrogen) atoms. The molecular weight excluding hydrogens is 488 g/mol. The lowest BCUT2D eigenvalue weighted by molar-refractivity contribution is -0.116. The molecule has 3 aromatic rings. The van der Waals surface area contributed by atoms with Gasteiger partial charge in [0.05, 0.1) is 22.5 Å². The number of rotatable bonds is 6. The fourth-order valence-electron chi connectivity index (χ4n) is 5.22. The van der Waals surface area contributed by atoms with E-state index < -0.39 is 0 Å². The van der Waals surface area contributed by atoms with E-state index in [0.717, 1.165) is 66.6 Å². The highest BCUT2D eigenvalue weighted by Crippen LogP contribution is 2.29. The first-order chi connectivity index (χ1) is 17.9. The summed E-state index contributed by atoms with van der Waals surface area (Å²) in [6.45, 7) is 3.89. The van der Waals surface area contributed by atoms with E-state index in [2.05, 4.69) is 27.5 Å². The smallest absolute Gasteiger partial charge is 0.252 e. The summed E-state index contributed by atoms with van der Waals surface area (Å²) in [6, 6.07) is 13.1. The van der Waals surface area contributed by atoms with Gasteiger partial charge in [0.25, 0.3) is 5.91 Å². The van der Waals surface area contributed by atoms with Gasteiger partial charge in [0.2, 0.25) is 5.91 Å². The van der Waals surface area contributed by atoms with Gasteiger partial charge in [-0.15, -0.1) is 0 Å². The van der Waals surface area contributed by atoms with Gasteiger partial charge in [-0.3, -0.25) is 19.5 Å². The third-order valence-corrected chi connectivity index (χ3v) is 7.59. The second kappa shape index (κ2) is 11.0. The summed E-state index contributed by atoms with van der Waals surface area (Å²) in [5.74, 6) is -0.155. The van der Waals surface area contributed by atoms with Crippen molar-refractivity contribution in [1.82, 2.24) is 20.1 Å². The molecule has 0 spiro atoms. The summed E-state index contributed by atoms with van der Waals surface area (Å²) < 4.78 is 0. The number of nitrogens with two attached hydrogens (primary N) is 1. The number of pyridine rings is 1. The highest BCUT2D eigenvalue weighted by Gasteiger charge is 2.28. The predicted octanol–water partition coefficient (Wildman–Crippen LogP) is 3.68. The number of hydrogen-bond acceptors (Lipinski definition) is 6. The first kappa shape index (κ1) is 25.4. The van der Waals surface area contributed by atoms with Crippen LogP contribution in [-0.2, 0) is 17.8 Å². The molecule has 194 valence electrons. The summed E-state index contributed by atoms with van der Waals surface area (Å²) in [5.41, 5.74) is 10.5. The lowest BCUT2D eigenvalue weighted by Gasteiger charge is -2.32. The van der Waals surface area contributed by atoms with Crippen molar-refractivity contribution in [3.8, 4) is 0 Å². The number of fused-ring (bicyclic) bond motifs is 2. The Hall–Kier alpha value is -3.20. The fourth-order valence-corrected chi connectivity index (χ4v) is 5.39. The Bertz CT molecular complexity index is 1320. The number of nitrogen functional groups attached to an aromatic ring is 1. The van der Waals surface area contributed by atoms with Crippen molar-refractivity contribution in [1.29, 1.82) is 0 Å². The number of hydrogen-bond donors (Lipinski definition) is 3. The number of likely N-dealkylation sites (tertiary alicyclic amines) is 1. The Morgan fingerprint density at radius 3 is 2.73 bits per heavy atom. The Morgan fingerprint density at radius 1 is 1.14 bits per heavy atom. The fraction of sp³-hybridized carbons (Fsp3) is 0.393. The number of halogens is 1. The molecule has 0 atom stereocenters. The minimum absolute atomic E-state index is 0.0274. The van der Waals surface area contributed by atoms with Gasteiger partial charge < -0.3 is 21.3 Å². The Morgan fingerprint density at radius 2 is 1.92 bits per heavy atom. The van der Waals surface area contributed by atoms with E-state index >= 15 is 0 Å². The van der Waals surface area contributed by atoms with Crippen LogP contribution in [0, 0.1) is 0 Å². The molecule has 5 rings (SSSR count). The molecule has 2 aliphatic heterocycles. The number of nitrogens with zero attached hydrogens (tertiary/aromatic N) is 3. The lowest BCUT2D eigenvalue weighted by Crippen LogP contribution is -2.44. The molecule has 9 heteroatoms. The van der Waals surface area contributed by atoms with E-state index in [1.165, 1.54) is 0 Å². The van der Waals surface area contributed by atoms with Crippen molar-refractivity contribution in [3.05, 3.63) is 64.3 Å². The van der Waals surface area contributed by atoms with Crippen molar-refractivity contribution < 1.29 is 9.59 Å². The molecule has 2 amide bonds.